The van der Waals surface area contributed by atoms with E-state index in [9.17, 15) is 0 Å². The van der Waals surface area contributed by atoms with Crippen LogP contribution in [-0.4, -0.2) is 20.3 Å². The molecule has 1 unspecified atom stereocenters. The van der Waals surface area contributed by atoms with Crippen molar-refractivity contribution in [2.24, 2.45) is 0 Å². The lowest BCUT2D eigenvalue weighted by molar-refractivity contribution is 0.189. The van der Waals surface area contributed by atoms with Crippen molar-refractivity contribution in [2.75, 3.05) is 20.3 Å². The molecule has 1 aromatic carbocycles. The summed E-state index contributed by atoms with van der Waals surface area (Å²) in [4.78, 5) is 0. The molecule has 1 atom stereocenters. The molecule has 0 radical (unpaired) electrons. The van der Waals surface area contributed by atoms with Crippen LogP contribution in [0.2, 0.25) is 5.02 Å². The van der Waals surface area contributed by atoms with Crippen LogP contribution in [0.5, 0.6) is 0 Å². The molecular weight excluding hydrogens is 302 g/mol. The Morgan fingerprint density at radius 2 is 2.24 bits per heavy atom. The van der Waals surface area contributed by atoms with Crippen LogP contribution in [0.25, 0.3) is 0 Å². The summed E-state index contributed by atoms with van der Waals surface area (Å²) in [6.07, 6.45) is 2.10. The summed E-state index contributed by atoms with van der Waals surface area (Å²) in [6, 6.07) is 6.30. The van der Waals surface area contributed by atoms with Gasteiger partial charge in [0, 0.05) is 29.3 Å². The molecule has 0 aliphatic rings. The maximum atomic E-state index is 5.96. The number of hydrogen-bond acceptors (Lipinski definition) is 2. The van der Waals surface area contributed by atoms with Crippen LogP contribution in [0, 0.1) is 0 Å². The van der Waals surface area contributed by atoms with Gasteiger partial charge in [0.05, 0.1) is 0 Å². The SMILES string of the molecule is CCNC(CCCOC)c1ccc(Cl)cc1Br. The van der Waals surface area contributed by atoms with Gasteiger partial charge in [0.15, 0.2) is 0 Å². The van der Waals surface area contributed by atoms with Gasteiger partial charge >= 0.3 is 0 Å². The van der Waals surface area contributed by atoms with Crippen molar-refractivity contribution < 1.29 is 4.74 Å². The Morgan fingerprint density at radius 3 is 2.82 bits per heavy atom. The number of rotatable bonds is 7. The number of benzene rings is 1. The summed E-state index contributed by atoms with van der Waals surface area (Å²) in [5.74, 6) is 0. The third-order valence-electron chi connectivity index (χ3n) is 2.63. The lowest BCUT2D eigenvalue weighted by Gasteiger charge is -2.19. The Bertz CT molecular complexity index is 346. The number of hydrogen-bond donors (Lipinski definition) is 1. The summed E-state index contributed by atoms with van der Waals surface area (Å²) in [5.41, 5.74) is 1.26. The minimum atomic E-state index is 0.349. The smallest absolute Gasteiger partial charge is 0.0462 e. The second kappa shape index (κ2) is 8.09. The van der Waals surface area contributed by atoms with Gasteiger partial charge in [-0.1, -0.05) is 40.5 Å². The number of halogens is 2. The lowest BCUT2D eigenvalue weighted by atomic mass is 10.0. The minimum absolute atomic E-state index is 0.349. The normalized spacial score (nSPS) is 12.7. The Morgan fingerprint density at radius 1 is 1.47 bits per heavy atom. The second-order valence-electron chi connectivity index (χ2n) is 3.91. The van der Waals surface area contributed by atoms with E-state index in [0.717, 1.165) is 35.5 Å². The lowest BCUT2D eigenvalue weighted by Crippen LogP contribution is -2.21. The predicted octanol–water partition coefficient (Wildman–Crippen LogP) is 4.18. The largest absolute Gasteiger partial charge is 0.385 e. The van der Waals surface area contributed by atoms with Crippen LogP contribution in [0.15, 0.2) is 22.7 Å². The van der Waals surface area contributed by atoms with Crippen LogP contribution < -0.4 is 5.32 Å². The summed E-state index contributed by atoms with van der Waals surface area (Å²) in [7, 11) is 1.74. The third kappa shape index (κ3) is 4.96. The van der Waals surface area contributed by atoms with Crippen molar-refractivity contribution >= 4 is 27.5 Å². The summed E-state index contributed by atoms with van der Waals surface area (Å²) >= 11 is 9.53. The molecule has 1 rings (SSSR count). The second-order valence-corrected chi connectivity index (χ2v) is 5.20. The standard InChI is InChI=1S/C13H19BrClNO/c1-3-16-13(5-4-8-17-2)11-7-6-10(15)9-12(11)14/h6-7,9,13,16H,3-5,8H2,1-2H3. The van der Waals surface area contributed by atoms with Gasteiger partial charge in [-0.05, 0) is 37.1 Å². The van der Waals surface area contributed by atoms with Crippen molar-refractivity contribution in [3.63, 3.8) is 0 Å². The Hall–Kier alpha value is -0.0900. The van der Waals surface area contributed by atoms with E-state index < -0.39 is 0 Å². The average molecular weight is 321 g/mol. The van der Waals surface area contributed by atoms with E-state index in [1.807, 2.05) is 12.1 Å². The zero-order valence-corrected chi connectivity index (χ0v) is 12.6. The molecule has 96 valence electrons. The Kier molecular flexibility index (Phi) is 7.12. The van der Waals surface area contributed by atoms with Crippen molar-refractivity contribution in [1.29, 1.82) is 0 Å². The van der Waals surface area contributed by atoms with Crippen molar-refractivity contribution in [3.05, 3.63) is 33.3 Å². The first-order valence-electron chi connectivity index (χ1n) is 5.86. The fraction of sp³-hybridized carbons (Fsp3) is 0.538. The Labute approximate surface area is 117 Å². The molecule has 0 saturated carbocycles. The molecule has 0 aliphatic carbocycles. The van der Waals surface area contributed by atoms with Gasteiger partial charge in [-0.15, -0.1) is 0 Å². The summed E-state index contributed by atoms with van der Waals surface area (Å²) < 4.78 is 6.16. The first-order chi connectivity index (χ1) is 8.19. The third-order valence-corrected chi connectivity index (χ3v) is 3.55. The highest BCUT2D eigenvalue weighted by atomic mass is 79.9. The monoisotopic (exact) mass is 319 g/mol. The molecular formula is C13H19BrClNO. The molecule has 2 nitrogen and oxygen atoms in total. The predicted molar refractivity (Wildman–Crippen MR) is 76.7 cm³/mol. The van der Waals surface area contributed by atoms with E-state index in [4.69, 9.17) is 16.3 Å². The molecule has 0 aliphatic heterocycles. The van der Waals surface area contributed by atoms with Crippen LogP contribution in [0.1, 0.15) is 31.4 Å². The summed E-state index contributed by atoms with van der Waals surface area (Å²) in [5, 5.41) is 4.25. The molecule has 0 aromatic heterocycles. The number of ether oxygens (including phenoxy) is 1. The molecule has 4 heteroatoms. The molecule has 1 aromatic rings. The summed E-state index contributed by atoms with van der Waals surface area (Å²) in [6.45, 7) is 3.87. The molecule has 0 amide bonds. The first-order valence-corrected chi connectivity index (χ1v) is 7.03. The topological polar surface area (TPSA) is 21.3 Å². The molecule has 17 heavy (non-hydrogen) atoms. The average Bonchev–Trinajstić information content (AvgIpc) is 2.28. The Balaban J connectivity index is 2.74. The van der Waals surface area contributed by atoms with E-state index in [1.165, 1.54) is 5.56 Å². The van der Waals surface area contributed by atoms with Gasteiger partial charge in [-0.25, -0.2) is 0 Å². The highest BCUT2D eigenvalue weighted by Crippen LogP contribution is 2.29. The van der Waals surface area contributed by atoms with Crippen molar-refractivity contribution in [1.82, 2.24) is 5.32 Å². The maximum absolute atomic E-state index is 5.96. The van der Waals surface area contributed by atoms with E-state index in [0.29, 0.717) is 6.04 Å². The highest BCUT2D eigenvalue weighted by molar-refractivity contribution is 9.10. The molecule has 1 N–H and O–H groups in total. The quantitative estimate of drug-likeness (QED) is 0.761. The van der Waals surface area contributed by atoms with Crippen LogP contribution in [0.4, 0.5) is 0 Å². The van der Waals surface area contributed by atoms with E-state index in [-0.39, 0.29) is 0 Å². The fourth-order valence-corrected chi connectivity index (χ4v) is 2.79. The molecule has 0 heterocycles. The van der Waals surface area contributed by atoms with Crippen LogP contribution >= 0.6 is 27.5 Å². The molecule has 0 fully saturated rings. The van der Waals surface area contributed by atoms with E-state index in [1.54, 1.807) is 7.11 Å². The van der Waals surface area contributed by atoms with Gasteiger partial charge in [0.1, 0.15) is 0 Å². The van der Waals surface area contributed by atoms with E-state index in [2.05, 4.69) is 34.2 Å². The van der Waals surface area contributed by atoms with Gasteiger partial charge in [-0.3, -0.25) is 0 Å². The molecule has 0 spiro atoms. The van der Waals surface area contributed by atoms with Gasteiger partial charge in [-0.2, -0.15) is 0 Å². The van der Waals surface area contributed by atoms with Gasteiger partial charge in [0.2, 0.25) is 0 Å². The maximum Gasteiger partial charge on any atom is 0.0462 e. The fourth-order valence-electron chi connectivity index (χ4n) is 1.83. The molecule has 0 bridgehead atoms. The molecule has 0 saturated heterocycles. The van der Waals surface area contributed by atoms with Gasteiger partial charge in [0.25, 0.3) is 0 Å². The van der Waals surface area contributed by atoms with Gasteiger partial charge < -0.3 is 10.1 Å². The number of nitrogens with one attached hydrogen (secondary N) is 1. The highest BCUT2D eigenvalue weighted by Gasteiger charge is 2.13. The zero-order valence-electron chi connectivity index (χ0n) is 10.3. The van der Waals surface area contributed by atoms with Crippen molar-refractivity contribution in [2.45, 2.75) is 25.8 Å². The number of methoxy groups -OCH3 is 1. The first kappa shape index (κ1) is 15.0. The van der Waals surface area contributed by atoms with Crippen molar-refractivity contribution in [3.8, 4) is 0 Å². The van der Waals surface area contributed by atoms with Crippen LogP contribution in [0.3, 0.4) is 0 Å². The zero-order chi connectivity index (χ0) is 12.7. The minimum Gasteiger partial charge on any atom is -0.385 e. The van der Waals surface area contributed by atoms with Crippen LogP contribution in [-0.2, 0) is 4.74 Å². The van der Waals surface area contributed by atoms with E-state index >= 15 is 0 Å².